The average molecular weight is 276 g/mol. The fourth-order valence-electron chi connectivity index (χ4n) is 2.30. The third kappa shape index (κ3) is 2.41. The van der Waals surface area contributed by atoms with E-state index in [1.54, 1.807) is 42.5 Å². The van der Waals surface area contributed by atoms with E-state index < -0.39 is 0 Å². The standard InChI is InChI=1S/C18H12O3/c19-11-12-5-6-13-7-8-14(10-15(13)9-12)18(21)16-3-1-2-4-17(16)20/h1-11,20H. The van der Waals surface area contributed by atoms with E-state index in [1.807, 2.05) is 12.1 Å². The molecule has 3 nitrogen and oxygen atoms in total. The fraction of sp³-hybridized carbons (Fsp3) is 0. The smallest absolute Gasteiger partial charge is 0.196 e. The van der Waals surface area contributed by atoms with Gasteiger partial charge in [-0.2, -0.15) is 0 Å². The number of hydrogen-bond donors (Lipinski definition) is 1. The molecule has 0 aromatic heterocycles. The van der Waals surface area contributed by atoms with Crippen molar-refractivity contribution in [2.45, 2.75) is 0 Å². The highest BCUT2D eigenvalue weighted by Gasteiger charge is 2.13. The van der Waals surface area contributed by atoms with Gasteiger partial charge in [-0.05, 0) is 35.0 Å². The Morgan fingerprint density at radius 1 is 0.905 bits per heavy atom. The fourth-order valence-corrected chi connectivity index (χ4v) is 2.30. The van der Waals surface area contributed by atoms with Gasteiger partial charge >= 0.3 is 0 Å². The molecule has 0 saturated heterocycles. The van der Waals surface area contributed by atoms with Gasteiger partial charge < -0.3 is 5.11 Å². The van der Waals surface area contributed by atoms with Crippen LogP contribution in [0.3, 0.4) is 0 Å². The number of ketones is 1. The third-order valence-electron chi connectivity index (χ3n) is 3.41. The van der Waals surface area contributed by atoms with E-state index >= 15 is 0 Å². The number of phenolic OH excluding ortho intramolecular Hbond substituents is 1. The maximum atomic E-state index is 12.4. The lowest BCUT2D eigenvalue weighted by Gasteiger charge is -2.05. The van der Waals surface area contributed by atoms with Gasteiger partial charge in [0.05, 0.1) is 5.56 Å². The van der Waals surface area contributed by atoms with Crippen molar-refractivity contribution in [1.82, 2.24) is 0 Å². The molecular formula is C18H12O3. The molecule has 0 aliphatic rings. The number of rotatable bonds is 3. The first kappa shape index (κ1) is 13.1. The van der Waals surface area contributed by atoms with E-state index in [9.17, 15) is 14.7 Å². The van der Waals surface area contributed by atoms with Crippen molar-refractivity contribution in [1.29, 1.82) is 0 Å². The van der Waals surface area contributed by atoms with Crippen LogP contribution in [-0.4, -0.2) is 17.2 Å². The van der Waals surface area contributed by atoms with Gasteiger partial charge in [0, 0.05) is 11.1 Å². The molecule has 0 spiro atoms. The lowest BCUT2D eigenvalue weighted by Crippen LogP contribution is -2.01. The second kappa shape index (κ2) is 5.21. The highest BCUT2D eigenvalue weighted by molar-refractivity contribution is 6.12. The van der Waals surface area contributed by atoms with Crippen molar-refractivity contribution < 1.29 is 14.7 Å². The molecule has 3 aromatic carbocycles. The first-order valence-corrected chi connectivity index (χ1v) is 6.51. The molecule has 0 heterocycles. The van der Waals surface area contributed by atoms with Crippen LogP contribution >= 0.6 is 0 Å². The monoisotopic (exact) mass is 276 g/mol. The molecule has 102 valence electrons. The number of aldehydes is 1. The minimum atomic E-state index is -0.244. The summed E-state index contributed by atoms with van der Waals surface area (Å²) < 4.78 is 0. The topological polar surface area (TPSA) is 54.4 Å². The Labute approximate surface area is 121 Å². The van der Waals surface area contributed by atoms with E-state index in [1.165, 1.54) is 6.07 Å². The Balaban J connectivity index is 2.10. The zero-order valence-electron chi connectivity index (χ0n) is 11.1. The van der Waals surface area contributed by atoms with Crippen molar-refractivity contribution >= 4 is 22.8 Å². The second-order valence-corrected chi connectivity index (χ2v) is 4.79. The number of carbonyl (C=O) groups is 2. The highest BCUT2D eigenvalue weighted by Crippen LogP contribution is 2.23. The summed E-state index contributed by atoms with van der Waals surface area (Å²) in [5.41, 5.74) is 1.31. The van der Waals surface area contributed by atoms with Gasteiger partial charge in [-0.15, -0.1) is 0 Å². The zero-order valence-corrected chi connectivity index (χ0v) is 11.1. The van der Waals surface area contributed by atoms with Crippen LogP contribution in [0.5, 0.6) is 5.75 Å². The summed E-state index contributed by atoms with van der Waals surface area (Å²) in [7, 11) is 0. The van der Waals surface area contributed by atoms with Crippen molar-refractivity contribution in [3.05, 3.63) is 77.4 Å². The van der Waals surface area contributed by atoms with Crippen LogP contribution < -0.4 is 0 Å². The summed E-state index contributed by atoms with van der Waals surface area (Å²) in [5, 5.41) is 11.5. The van der Waals surface area contributed by atoms with Gasteiger partial charge in [0.15, 0.2) is 5.78 Å². The molecule has 0 fully saturated rings. The van der Waals surface area contributed by atoms with Crippen molar-refractivity contribution in [3.8, 4) is 5.75 Å². The quantitative estimate of drug-likeness (QED) is 0.587. The predicted octanol–water partition coefficient (Wildman–Crippen LogP) is 3.59. The summed E-state index contributed by atoms with van der Waals surface area (Å²) in [6.45, 7) is 0. The number of phenols is 1. The van der Waals surface area contributed by atoms with Crippen LogP contribution in [0.2, 0.25) is 0 Å². The number of para-hydroxylation sites is 1. The normalized spacial score (nSPS) is 10.5. The zero-order chi connectivity index (χ0) is 14.8. The van der Waals surface area contributed by atoms with Gasteiger partial charge in [-0.1, -0.05) is 36.4 Å². The summed E-state index contributed by atoms with van der Waals surface area (Å²) in [4.78, 5) is 23.3. The van der Waals surface area contributed by atoms with Crippen LogP contribution in [0.1, 0.15) is 26.3 Å². The predicted molar refractivity (Wildman–Crippen MR) is 80.9 cm³/mol. The van der Waals surface area contributed by atoms with Gasteiger partial charge in [0.25, 0.3) is 0 Å². The first-order chi connectivity index (χ1) is 10.2. The molecule has 0 amide bonds. The summed E-state index contributed by atoms with van der Waals surface area (Å²) in [5.74, 6) is -0.282. The van der Waals surface area contributed by atoms with Gasteiger partial charge in [0.2, 0.25) is 0 Å². The maximum Gasteiger partial charge on any atom is 0.196 e. The van der Waals surface area contributed by atoms with Crippen LogP contribution in [0, 0.1) is 0 Å². The van der Waals surface area contributed by atoms with Crippen LogP contribution in [0.25, 0.3) is 10.8 Å². The molecule has 0 atom stereocenters. The van der Waals surface area contributed by atoms with Gasteiger partial charge in [0.1, 0.15) is 12.0 Å². The molecule has 3 heteroatoms. The van der Waals surface area contributed by atoms with E-state index in [0.29, 0.717) is 11.1 Å². The molecular weight excluding hydrogens is 264 g/mol. The van der Waals surface area contributed by atoms with E-state index in [-0.39, 0.29) is 17.1 Å². The van der Waals surface area contributed by atoms with E-state index in [2.05, 4.69) is 0 Å². The Kier molecular flexibility index (Phi) is 3.24. The van der Waals surface area contributed by atoms with Crippen molar-refractivity contribution in [2.75, 3.05) is 0 Å². The molecule has 3 aromatic rings. The molecule has 21 heavy (non-hydrogen) atoms. The SMILES string of the molecule is O=Cc1ccc2ccc(C(=O)c3ccccc3O)cc2c1. The molecule has 0 bridgehead atoms. The lowest BCUT2D eigenvalue weighted by molar-refractivity contribution is 0.103. The van der Waals surface area contributed by atoms with Crippen molar-refractivity contribution in [3.63, 3.8) is 0 Å². The molecule has 0 unspecified atom stereocenters. The number of aromatic hydroxyl groups is 1. The summed E-state index contributed by atoms with van der Waals surface area (Å²) in [6, 6.07) is 17.0. The minimum Gasteiger partial charge on any atom is -0.507 e. The Morgan fingerprint density at radius 3 is 2.43 bits per heavy atom. The largest absolute Gasteiger partial charge is 0.507 e. The van der Waals surface area contributed by atoms with Crippen molar-refractivity contribution in [2.24, 2.45) is 0 Å². The van der Waals surface area contributed by atoms with Crippen LogP contribution in [-0.2, 0) is 0 Å². The Bertz CT molecular complexity index is 850. The van der Waals surface area contributed by atoms with E-state index in [0.717, 1.165) is 17.1 Å². The number of carbonyl (C=O) groups excluding carboxylic acids is 2. The van der Waals surface area contributed by atoms with Gasteiger partial charge in [-0.25, -0.2) is 0 Å². The summed E-state index contributed by atoms with van der Waals surface area (Å²) >= 11 is 0. The second-order valence-electron chi connectivity index (χ2n) is 4.79. The third-order valence-corrected chi connectivity index (χ3v) is 3.41. The minimum absolute atomic E-state index is 0.0377. The summed E-state index contributed by atoms with van der Waals surface area (Å²) in [6.07, 6.45) is 0.775. The average Bonchev–Trinajstić information content (AvgIpc) is 2.53. The number of benzene rings is 3. The lowest BCUT2D eigenvalue weighted by atomic mass is 9.98. The molecule has 0 aliphatic carbocycles. The Hall–Kier alpha value is -2.94. The van der Waals surface area contributed by atoms with Crippen LogP contribution in [0.15, 0.2) is 60.7 Å². The molecule has 1 N–H and O–H groups in total. The molecule has 3 rings (SSSR count). The highest BCUT2D eigenvalue weighted by atomic mass is 16.3. The van der Waals surface area contributed by atoms with Crippen LogP contribution in [0.4, 0.5) is 0 Å². The maximum absolute atomic E-state index is 12.4. The Morgan fingerprint density at radius 2 is 1.67 bits per heavy atom. The number of hydrogen-bond acceptors (Lipinski definition) is 3. The molecule has 0 saturated carbocycles. The number of fused-ring (bicyclic) bond motifs is 1. The van der Waals surface area contributed by atoms with E-state index in [4.69, 9.17) is 0 Å². The molecule has 0 aliphatic heterocycles. The van der Waals surface area contributed by atoms with Gasteiger partial charge in [-0.3, -0.25) is 9.59 Å². The molecule has 0 radical (unpaired) electrons. The first-order valence-electron chi connectivity index (χ1n) is 6.51.